The van der Waals surface area contributed by atoms with Crippen molar-refractivity contribution in [2.24, 2.45) is 0 Å². The van der Waals surface area contributed by atoms with Crippen molar-refractivity contribution < 1.29 is 27.9 Å². The van der Waals surface area contributed by atoms with Gasteiger partial charge in [0.25, 0.3) is 0 Å². The largest absolute Gasteiger partial charge is 0.462 e. The number of esters is 2. The summed E-state index contributed by atoms with van der Waals surface area (Å²) in [6.45, 7) is 32.1. The lowest BCUT2D eigenvalue weighted by molar-refractivity contribution is -0.139. The second kappa shape index (κ2) is 15.5. The van der Waals surface area contributed by atoms with Crippen LogP contribution in [0.4, 0.5) is 0 Å². The van der Waals surface area contributed by atoms with Crippen LogP contribution in [0.1, 0.15) is 66.7 Å². The summed E-state index contributed by atoms with van der Waals surface area (Å²) >= 11 is 0. The lowest BCUT2D eigenvalue weighted by atomic mass is 10.2. The molecule has 0 aliphatic heterocycles. The van der Waals surface area contributed by atoms with Gasteiger partial charge < -0.3 is 18.3 Å². The Balaban J connectivity index is 5.38. The standard InChI is InChI=1S/C28H56O6Si3/c1-14-25(35(8,9)21-17-19-31-26(29)23(4)5)33-37(12,13)28(15-2,16-3)34-36(10,11)22-18-20-32-27(30)24(6)7/h25H,4,6,14-22H2,1-3,5,7-13H3. The Morgan fingerprint density at radius 1 is 0.784 bits per heavy atom. The van der Waals surface area contributed by atoms with Crippen LogP contribution >= 0.6 is 0 Å². The summed E-state index contributed by atoms with van der Waals surface area (Å²) in [4.78, 5) is 23.4. The Bertz CT molecular complexity index is 772. The second-order valence-electron chi connectivity index (χ2n) is 12.1. The third kappa shape index (κ3) is 11.7. The minimum absolute atomic E-state index is 0.221. The van der Waals surface area contributed by atoms with E-state index in [0.717, 1.165) is 44.2 Å². The lowest BCUT2D eigenvalue weighted by Crippen LogP contribution is -2.64. The van der Waals surface area contributed by atoms with Crippen LogP contribution in [0.15, 0.2) is 24.3 Å². The van der Waals surface area contributed by atoms with E-state index in [9.17, 15) is 9.59 Å². The highest BCUT2D eigenvalue weighted by atomic mass is 28.4. The van der Waals surface area contributed by atoms with Crippen molar-refractivity contribution in [1.82, 2.24) is 0 Å². The number of hydrogen-bond acceptors (Lipinski definition) is 6. The summed E-state index contributed by atoms with van der Waals surface area (Å²) in [6, 6.07) is 1.96. The third-order valence-electron chi connectivity index (χ3n) is 7.44. The molecule has 6 nitrogen and oxygen atoms in total. The maximum atomic E-state index is 11.7. The van der Waals surface area contributed by atoms with Crippen molar-refractivity contribution in [1.29, 1.82) is 0 Å². The quantitative estimate of drug-likeness (QED) is 0.0688. The van der Waals surface area contributed by atoms with Crippen molar-refractivity contribution in [3.8, 4) is 0 Å². The van der Waals surface area contributed by atoms with Crippen molar-refractivity contribution in [3.05, 3.63) is 24.3 Å². The minimum atomic E-state index is -2.29. The first-order chi connectivity index (χ1) is 16.9. The molecule has 37 heavy (non-hydrogen) atoms. The van der Waals surface area contributed by atoms with E-state index in [1.165, 1.54) is 0 Å². The molecule has 0 aliphatic rings. The lowest BCUT2D eigenvalue weighted by Gasteiger charge is -2.50. The first kappa shape index (κ1) is 36.0. The molecule has 0 N–H and O–H groups in total. The average molecular weight is 573 g/mol. The van der Waals surface area contributed by atoms with Crippen LogP contribution in [0.25, 0.3) is 0 Å². The molecule has 0 saturated carbocycles. The van der Waals surface area contributed by atoms with Gasteiger partial charge in [-0.05, 0) is 78.2 Å². The Kier molecular flexibility index (Phi) is 15.1. The Hall–Kier alpha value is -1.01. The zero-order valence-corrected chi connectivity index (χ0v) is 28.8. The van der Waals surface area contributed by atoms with Crippen molar-refractivity contribution >= 4 is 36.6 Å². The van der Waals surface area contributed by atoms with E-state index in [1.54, 1.807) is 13.8 Å². The van der Waals surface area contributed by atoms with Crippen LogP contribution in [-0.4, -0.2) is 60.8 Å². The molecule has 1 unspecified atom stereocenters. The van der Waals surface area contributed by atoms with Gasteiger partial charge in [-0.3, -0.25) is 0 Å². The number of carbonyl (C=O) groups is 2. The fourth-order valence-corrected chi connectivity index (χ4v) is 16.7. The van der Waals surface area contributed by atoms with E-state index in [2.05, 4.69) is 73.2 Å². The van der Waals surface area contributed by atoms with Crippen LogP contribution in [0.3, 0.4) is 0 Å². The molecule has 0 bridgehead atoms. The number of rotatable bonds is 19. The van der Waals surface area contributed by atoms with Crippen LogP contribution in [-0.2, 0) is 27.9 Å². The summed E-state index contributed by atoms with van der Waals surface area (Å²) in [7, 11) is -6.09. The van der Waals surface area contributed by atoms with E-state index in [1.807, 2.05) is 0 Å². The summed E-state index contributed by atoms with van der Waals surface area (Å²) in [5.41, 5.74) is 1.09. The molecular weight excluding hydrogens is 517 g/mol. The fourth-order valence-electron chi connectivity index (χ4n) is 4.97. The van der Waals surface area contributed by atoms with E-state index in [4.69, 9.17) is 18.3 Å². The maximum Gasteiger partial charge on any atom is 0.333 e. The fraction of sp³-hybridized carbons (Fsp3) is 0.786. The molecule has 0 radical (unpaired) electrons. The number of carbonyl (C=O) groups excluding carboxylic acids is 2. The first-order valence-electron chi connectivity index (χ1n) is 13.9. The minimum Gasteiger partial charge on any atom is -0.462 e. The summed E-state index contributed by atoms with van der Waals surface area (Å²) in [6.07, 6.45) is 4.44. The van der Waals surface area contributed by atoms with Crippen LogP contribution in [0.2, 0.25) is 51.4 Å². The summed E-state index contributed by atoms with van der Waals surface area (Å²) in [5.74, 6) is -0.643. The van der Waals surface area contributed by atoms with Gasteiger partial charge in [0.05, 0.1) is 26.5 Å². The SMILES string of the molecule is C=C(C)C(=O)OCCC[Si](C)(C)OC(CC)(CC)[Si](C)(C)OC(CC)[Si](C)(C)CCCOC(=O)C(=C)C. The molecule has 0 aromatic heterocycles. The zero-order valence-electron chi connectivity index (χ0n) is 25.8. The van der Waals surface area contributed by atoms with Crippen LogP contribution in [0, 0.1) is 0 Å². The molecule has 0 rings (SSSR count). The van der Waals surface area contributed by atoms with E-state index < -0.39 is 24.7 Å². The Morgan fingerprint density at radius 2 is 1.22 bits per heavy atom. The molecule has 0 saturated heterocycles. The highest BCUT2D eigenvalue weighted by Gasteiger charge is 2.52. The van der Waals surface area contributed by atoms with Crippen LogP contribution in [0.5, 0.6) is 0 Å². The smallest absolute Gasteiger partial charge is 0.333 e. The predicted octanol–water partition coefficient (Wildman–Crippen LogP) is 7.57. The Labute approximate surface area is 230 Å². The zero-order chi connectivity index (χ0) is 29.1. The van der Waals surface area contributed by atoms with Gasteiger partial charge in [0, 0.05) is 16.9 Å². The number of ether oxygens (including phenoxy) is 2. The van der Waals surface area contributed by atoms with Crippen molar-refractivity contribution in [3.63, 3.8) is 0 Å². The molecular formula is C28H56O6Si3. The molecule has 0 spiro atoms. The molecule has 0 amide bonds. The molecule has 0 fully saturated rings. The maximum absolute atomic E-state index is 11.7. The molecule has 0 aromatic carbocycles. The van der Waals surface area contributed by atoms with Crippen molar-refractivity contribution in [2.45, 2.75) is 129 Å². The molecule has 216 valence electrons. The predicted molar refractivity (Wildman–Crippen MR) is 162 cm³/mol. The van der Waals surface area contributed by atoms with Gasteiger partial charge in [0.2, 0.25) is 8.32 Å². The highest BCUT2D eigenvalue weighted by Crippen LogP contribution is 2.39. The first-order valence-corrected chi connectivity index (χ1v) is 23.2. The molecule has 1 atom stereocenters. The topological polar surface area (TPSA) is 71.1 Å². The molecule has 9 heteroatoms. The summed E-state index contributed by atoms with van der Waals surface area (Å²) in [5, 5.41) is -0.272. The Morgan fingerprint density at radius 3 is 1.59 bits per heavy atom. The van der Waals surface area contributed by atoms with E-state index in [0.29, 0.717) is 24.4 Å². The third-order valence-corrected chi connectivity index (χ3v) is 18.2. The van der Waals surface area contributed by atoms with E-state index in [-0.39, 0.29) is 22.9 Å². The molecule has 0 aliphatic carbocycles. The molecule has 0 aromatic rings. The number of hydrogen-bond donors (Lipinski definition) is 0. The monoisotopic (exact) mass is 572 g/mol. The van der Waals surface area contributed by atoms with Gasteiger partial charge in [-0.25, -0.2) is 9.59 Å². The summed E-state index contributed by atoms with van der Waals surface area (Å²) < 4.78 is 24.9. The van der Waals surface area contributed by atoms with Crippen molar-refractivity contribution in [2.75, 3.05) is 13.2 Å². The van der Waals surface area contributed by atoms with Gasteiger partial charge in [-0.1, -0.05) is 53.1 Å². The van der Waals surface area contributed by atoms with Gasteiger partial charge in [0.15, 0.2) is 8.32 Å². The second-order valence-corrected chi connectivity index (χ2v) is 25.6. The van der Waals surface area contributed by atoms with Gasteiger partial charge in [-0.15, -0.1) is 0 Å². The van der Waals surface area contributed by atoms with Gasteiger partial charge in [-0.2, -0.15) is 0 Å². The molecule has 0 heterocycles. The van der Waals surface area contributed by atoms with Gasteiger partial charge in [0.1, 0.15) is 0 Å². The highest BCUT2D eigenvalue weighted by molar-refractivity contribution is 6.81. The normalized spacial score (nSPS) is 13.7. The van der Waals surface area contributed by atoms with E-state index >= 15 is 0 Å². The van der Waals surface area contributed by atoms with Gasteiger partial charge >= 0.3 is 11.9 Å². The van der Waals surface area contributed by atoms with Crippen LogP contribution < -0.4 is 0 Å². The average Bonchev–Trinajstić information content (AvgIpc) is 2.80.